The van der Waals surface area contributed by atoms with Gasteiger partial charge in [0.1, 0.15) is 18.1 Å². The van der Waals surface area contributed by atoms with Gasteiger partial charge in [-0.15, -0.1) is 0 Å². The van der Waals surface area contributed by atoms with E-state index >= 15 is 0 Å². The number of carbonyl (C=O) groups excluding carboxylic acids is 1. The number of esters is 1. The van der Waals surface area contributed by atoms with Crippen molar-refractivity contribution in [3.63, 3.8) is 0 Å². The molecule has 0 N–H and O–H groups in total. The maximum absolute atomic E-state index is 14.0. The van der Waals surface area contributed by atoms with Crippen LogP contribution in [0.5, 0.6) is 11.5 Å². The van der Waals surface area contributed by atoms with E-state index in [2.05, 4.69) is 66.1 Å². The summed E-state index contributed by atoms with van der Waals surface area (Å²) in [6.45, 7) is 4.20. The third kappa shape index (κ3) is 6.38. The average molecular weight is 871 g/mol. The number of fused-ring (bicyclic) bond motifs is 1. The predicted octanol–water partition coefficient (Wildman–Crippen LogP) is 6.36. The molecule has 4 aromatic rings. The second kappa shape index (κ2) is 13.4. The van der Waals surface area contributed by atoms with Gasteiger partial charge in [0.05, 0.1) is 47.2 Å². The van der Waals surface area contributed by atoms with E-state index in [0.717, 1.165) is 29.6 Å². The van der Waals surface area contributed by atoms with Crippen LogP contribution in [0.1, 0.15) is 36.6 Å². The number of carbonyl (C=O) groups is 1. The molecule has 42 heavy (non-hydrogen) atoms. The van der Waals surface area contributed by atoms with Gasteiger partial charge < -0.3 is 14.2 Å². The fourth-order valence-electron chi connectivity index (χ4n) is 4.64. The van der Waals surface area contributed by atoms with Crippen molar-refractivity contribution in [2.45, 2.75) is 26.5 Å². The van der Waals surface area contributed by atoms with Crippen LogP contribution in [0.4, 0.5) is 0 Å². The first-order valence-electron chi connectivity index (χ1n) is 12.9. The normalized spacial score (nSPS) is 14.8. The number of halogens is 3. The van der Waals surface area contributed by atoms with Gasteiger partial charge in [0.2, 0.25) is 0 Å². The smallest absolute Gasteiger partial charge is 0.338 e. The van der Waals surface area contributed by atoms with Crippen LogP contribution in [0.25, 0.3) is 6.08 Å². The lowest BCUT2D eigenvalue weighted by atomic mass is 9.96. The monoisotopic (exact) mass is 870 g/mol. The highest BCUT2D eigenvalue weighted by atomic mass is 127. The molecular formula is C31H25BrI2N2O5S. The van der Waals surface area contributed by atoms with Gasteiger partial charge in [-0.25, -0.2) is 9.79 Å². The van der Waals surface area contributed by atoms with E-state index in [1.165, 1.54) is 11.3 Å². The molecule has 7 nitrogen and oxygen atoms in total. The van der Waals surface area contributed by atoms with Gasteiger partial charge in [-0.1, -0.05) is 47.7 Å². The first-order chi connectivity index (χ1) is 20.2. The molecular weight excluding hydrogens is 846 g/mol. The quantitative estimate of drug-likeness (QED) is 0.152. The van der Waals surface area contributed by atoms with Gasteiger partial charge in [-0.2, -0.15) is 0 Å². The largest absolute Gasteiger partial charge is 0.496 e. The van der Waals surface area contributed by atoms with Gasteiger partial charge in [-0.05, 0) is 122 Å². The second-order valence-corrected chi connectivity index (χ2v) is 13.5. The van der Waals surface area contributed by atoms with Crippen LogP contribution < -0.4 is 24.4 Å². The Morgan fingerprint density at radius 1 is 1.12 bits per heavy atom. The van der Waals surface area contributed by atoms with Gasteiger partial charge in [0.15, 0.2) is 4.80 Å². The summed E-state index contributed by atoms with van der Waals surface area (Å²) in [7, 11) is 1.58. The fraction of sp³-hybridized carbons (Fsp3) is 0.194. The lowest BCUT2D eigenvalue weighted by molar-refractivity contribution is -0.139. The van der Waals surface area contributed by atoms with Gasteiger partial charge in [-0.3, -0.25) is 9.36 Å². The number of hydrogen-bond acceptors (Lipinski definition) is 7. The summed E-state index contributed by atoms with van der Waals surface area (Å²) in [5, 5.41) is 0. The Bertz CT molecular complexity index is 1860. The van der Waals surface area contributed by atoms with Crippen LogP contribution in [0.15, 0.2) is 86.2 Å². The molecule has 0 aliphatic carbocycles. The maximum atomic E-state index is 14.0. The summed E-state index contributed by atoms with van der Waals surface area (Å²) in [6.07, 6.45) is 1.86. The molecule has 0 saturated carbocycles. The molecule has 0 radical (unpaired) electrons. The van der Waals surface area contributed by atoms with Crippen molar-refractivity contribution in [1.29, 1.82) is 0 Å². The van der Waals surface area contributed by atoms with Crippen LogP contribution in [0, 0.1) is 7.14 Å². The summed E-state index contributed by atoms with van der Waals surface area (Å²) >= 11 is 9.36. The van der Waals surface area contributed by atoms with Crippen molar-refractivity contribution in [2.24, 2.45) is 4.99 Å². The van der Waals surface area contributed by atoms with Crippen LogP contribution in [-0.4, -0.2) is 24.3 Å². The summed E-state index contributed by atoms with van der Waals surface area (Å²) in [5.74, 6) is 0.948. The highest BCUT2D eigenvalue weighted by Crippen LogP contribution is 2.35. The van der Waals surface area contributed by atoms with Crippen molar-refractivity contribution in [3.8, 4) is 11.5 Å². The standard InChI is InChI=1S/C31H25BrI2N2O5S/c1-4-40-30(38)26-17(2)35-31-36(27(26)20-10-11-24(39-3)21(32)15-20)29(37)25(42-31)14-19-12-22(33)28(23(34)13-19)41-16-18-8-6-5-7-9-18/h5-15,27H,4,16H2,1-3H3/b25-14+/t27-/m1/s1. The SMILES string of the molecule is CCOC(=O)C1=C(C)N=c2s/c(=C/c3cc(I)c(OCc4ccccc4)c(I)c3)c(=O)n2[C@@H]1c1ccc(OC)c(Br)c1. The lowest BCUT2D eigenvalue weighted by Crippen LogP contribution is -2.40. The molecule has 216 valence electrons. The Hall–Kier alpha value is -2.49. The Morgan fingerprint density at radius 3 is 2.48 bits per heavy atom. The Morgan fingerprint density at radius 2 is 1.83 bits per heavy atom. The third-order valence-electron chi connectivity index (χ3n) is 6.55. The average Bonchev–Trinajstić information content (AvgIpc) is 3.26. The van der Waals surface area contributed by atoms with Crippen molar-refractivity contribution >= 4 is 84.5 Å². The van der Waals surface area contributed by atoms with Crippen LogP contribution in [0.2, 0.25) is 0 Å². The van der Waals surface area contributed by atoms with E-state index in [1.807, 2.05) is 60.7 Å². The van der Waals surface area contributed by atoms with Crippen molar-refractivity contribution < 1.29 is 19.0 Å². The van der Waals surface area contributed by atoms with E-state index in [4.69, 9.17) is 14.2 Å². The summed E-state index contributed by atoms with van der Waals surface area (Å²) in [5.41, 5.74) is 3.30. The minimum atomic E-state index is -0.710. The molecule has 1 atom stereocenters. The molecule has 5 rings (SSSR count). The highest BCUT2D eigenvalue weighted by Gasteiger charge is 2.33. The Kier molecular flexibility index (Phi) is 9.90. The van der Waals surface area contributed by atoms with Crippen LogP contribution >= 0.6 is 72.4 Å². The number of aromatic nitrogens is 1. The number of benzene rings is 3. The number of allylic oxidation sites excluding steroid dienone is 1. The fourth-order valence-corrected chi connectivity index (χ4v) is 8.37. The summed E-state index contributed by atoms with van der Waals surface area (Å²) < 4.78 is 21.6. The first-order valence-corrected chi connectivity index (χ1v) is 16.7. The van der Waals surface area contributed by atoms with Crippen molar-refractivity contribution in [2.75, 3.05) is 13.7 Å². The molecule has 0 bridgehead atoms. The van der Waals surface area contributed by atoms with E-state index in [9.17, 15) is 9.59 Å². The molecule has 0 fully saturated rings. The van der Waals surface area contributed by atoms with E-state index in [0.29, 0.717) is 37.4 Å². The number of hydrogen-bond donors (Lipinski definition) is 0. The zero-order valence-electron chi connectivity index (χ0n) is 22.8. The first kappa shape index (κ1) is 31.0. The minimum Gasteiger partial charge on any atom is -0.496 e. The van der Waals surface area contributed by atoms with Crippen molar-refractivity contribution in [1.82, 2.24) is 4.57 Å². The van der Waals surface area contributed by atoms with Crippen LogP contribution in [0.3, 0.4) is 0 Å². The van der Waals surface area contributed by atoms with Gasteiger partial charge in [0.25, 0.3) is 5.56 Å². The third-order valence-corrected chi connectivity index (χ3v) is 9.76. The second-order valence-electron chi connectivity index (χ2n) is 9.28. The van der Waals surface area contributed by atoms with Gasteiger partial charge in [0, 0.05) is 0 Å². The molecule has 2 heterocycles. The number of thiazole rings is 1. The van der Waals surface area contributed by atoms with E-state index in [-0.39, 0.29) is 12.2 Å². The molecule has 1 aliphatic heterocycles. The zero-order chi connectivity index (χ0) is 30.0. The molecule has 1 aliphatic rings. The summed E-state index contributed by atoms with van der Waals surface area (Å²) in [6, 6.07) is 18.8. The Labute approximate surface area is 282 Å². The summed E-state index contributed by atoms with van der Waals surface area (Å²) in [4.78, 5) is 32.3. The van der Waals surface area contributed by atoms with E-state index in [1.54, 1.807) is 31.6 Å². The number of ether oxygens (including phenoxy) is 3. The predicted molar refractivity (Wildman–Crippen MR) is 184 cm³/mol. The van der Waals surface area contributed by atoms with Crippen LogP contribution in [-0.2, 0) is 16.1 Å². The molecule has 3 aromatic carbocycles. The number of rotatable bonds is 8. The van der Waals surface area contributed by atoms with Gasteiger partial charge >= 0.3 is 5.97 Å². The Balaban J connectivity index is 1.58. The molecule has 0 saturated heterocycles. The lowest BCUT2D eigenvalue weighted by Gasteiger charge is -2.25. The van der Waals surface area contributed by atoms with E-state index < -0.39 is 12.0 Å². The highest BCUT2D eigenvalue weighted by molar-refractivity contribution is 14.1. The molecule has 11 heteroatoms. The maximum Gasteiger partial charge on any atom is 0.338 e. The molecule has 0 spiro atoms. The molecule has 0 unspecified atom stereocenters. The minimum absolute atomic E-state index is 0.210. The topological polar surface area (TPSA) is 79.1 Å². The number of methoxy groups -OCH3 is 1. The molecule has 0 amide bonds. The van der Waals surface area contributed by atoms with Crippen molar-refractivity contribution in [3.05, 3.63) is 120 Å². The molecule has 1 aromatic heterocycles. The zero-order valence-corrected chi connectivity index (χ0v) is 29.5. The number of nitrogens with zero attached hydrogens (tertiary/aromatic N) is 2.